The number of halogens is 1. The summed E-state index contributed by atoms with van der Waals surface area (Å²) in [5, 5.41) is 3.10. The van der Waals surface area contributed by atoms with Crippen LogP contribution in [0.1, 0.15) is 37.1 Å². The number of rotatable bonds is 10. The monoisotopic (exact) mass is 490 g/mol. The standard InChI is InChI=1S/C27H27FN4O4/c1-17(33)5-11-22-16-32(27(35)36-22)21-10-12-23(24(28)14-21)18-6-8-19(9-7-18)25(26(29)34)31-15-20-4-2-3-13-30-20/h2-4,6-10,12-14,22,25,31H,5,11,15-16H2,1H3,(H2,29,34)/t22-,25+/m0/s1. The molecule has 1 aliphatic rings. The number of ether oxygens (including phenoxy) is 1. The van der Waals surface area contributed by atoms with Crippen LogP contribution in [-0.4, -0.2) is 35.4 Å². The Morgan fingerprint density at radius 1 is 1.19 bits per heavy atom. The molecule has 1 saturated heterocycles. The summed E-state index contributed by atoms with van der Waals surface area (Å²) in [5.74, 6) is -1.01. The second-order valence-corrected chi connectivity index (χ2v) is 8.68. The van der Waals surface area contributed by atoms with E-state index in [1.165, 1.54) is 17.9 Å². The Kier molecular flexibility index (Phi) is 7.70. The van der Waals surface area contributed by atoms with E-state index < -0.39 is 30.0 Å². The predicted molar refractivity (Wildman–Crippen MR) is 132 cm³/mol. The molecule has 2 heterocycles. The molecular weight excluding hydrogens is 463 g/mol. The van der Waals surface area contributed by atoms with E-state index in [0.29, 0.717) is 41.8 Å². The van der Waals surface area contributed by atoms with Gasteiger partial charge >= 0.3 is 6.09 Å². The molecule has 0 unspecified atom stereocenters. The molecule has 1 aliphatic heterocycles. The Hall–Kier alpha value is -4.11. The first-order valence-corrected chi connectivity index (χ1v) is 11.6. The third-order valence-corrected chi connectivity index (χ3v) is 6.01. The fourth-order valence-electron chi connectivity index (χ4n) is 4.10. The highest BCUT2D eigenvalue weighted by Gasteiger charge is 2.32. The van der Waals surface area contributed by atoms with Gasteiger partial charge in [0.2, 0.25) is 5.91 Å². The number of nitrogens with zero attached hydrogens (tertiary/aromatic N) is 2. The van der Waals surface area contributed by atoms with Gasteiger partial charge in [0, 0.05) is 24.7 Å². The molecule has 0 spiro atoms. The lowest BCUT2D eigenvalue weighted by Crippen LogP contribution is -2.33. The molecule has 2 aromatic carbocycles. The van der Waals surface area contributed by atoms with Crippen molar-refractivity contribution < 1.29 is 23.5 Å². The molecule has 2 atom stereocenters. The van der Waals surface area contributed by atoms with Gasteiger partial charge in [-0.1, -0.05) is 30.3 Å². The van der Waals surface area contributed by atoms with Crippen LogP contribution in [0, 0.1) is 5.82 Å². The van der Waals surface area contributed by atoms with Crippen LogP contribution in [0.5, 0.6) is 0 Å². The van der Waals surface area contributed by atoms with E-state index in [-0.39, 0.29) is 12.3 Å². The van der Waals surface area contributed by atoms with Gasteiger partial charge in [-0.3, -0.25) is 20.0 Å². The summed E-state index contributed by atoms with van der Waals surface area (Å²) in [6.07, 6.45) is 1.47. The van der Waals surface area contributed by atoms with Gasteiger partial charge in [0.15, 0.2) is 0 Å². The fraction of sp³-hybridized carbons (Fsp3) is 0.259. The molecule has 0 bridgehead atoms. The number of nitrogens with one attached hydrogen (secondary N) is 1. The minimum Gasteiger partial charge on any atom is -0.444 e. The number of benzene rings is 2. The number of cyclic esters (lactones) is 1. The molecule has 3 N–H and O–H groups in total. The maximum atomic E-state index is 15.0. The molecule has 1 fully saturated rings. The molecule has 36 heavy (non-hydrogen) atoms. The Bertz CT molecular complexity index is 1250. The lowest BCUT2D eigenvalue weighted by Gasteiger charge is -2.17. The molecule has 4 rings (SSSR count). The van der Waals surface area contributed by atoms with Gasteiger partial charge in [-0.25, -0.2) is 9.18 Å². The number of pyridine rings is 1. The van der Waals surface area contributed by atoms with Crippen LogP contribution >= 0.6 is 0 Å². The molecule has 3 aromatic rings. The number of anilines is 1. The number of hydrogen-bond donors (Lipinski definition) is 2. The van der Waals surface area contributed by atoms with Crippen LogP contribution in [0.4, 0.5) is 14.9 Å². The highest BCUT2D eigenvalue weighted by molar-refractivity contribution is 5.90. The van der Waals surface area contributed by atoms with Crippen LogP contribution in [0.25, 0.3) is 11.1 Å². The Balaban J connectivity index is 1.46. The average Bonchev–Trinajstić information content (AvgIpc) is 3.24. The number of amides is 2. The predicted octanol–water partition coefficient (Wildman–Crippen LogP) is 3.90. The summed E-state index contributed by atoms with van der Waals surface area (Å²) >= 11 is 0. The van der Waals surface area contributed by atoms with Crippen LogP contribution < -0.4 is 16.0 Å². The molecule has 9 heteroatoms. The highest BCUT2D eigenvalue weighted by Crippen LogP contribution is 2.30. The molecule has 0 saturated carbocycles. The number of primary amides is 1. The Labute approximate surface area is 208 Å². The van der Waals surface area contributed by atoms with Crippen molar-refractivity contribution in [3.8, 4) is 11.1 Å². The van der Waals surface area contributed by atoms with Crippen molar-refractivity contribution in [2.45, 2.75) is 38.5 Å². The minimum atomic E-state index is -0.731. The van der Waals surface area contributed by atoms with E-state index in [2.05, 4.69) is 10.3 Å². The van der Waals surface area contributed by atoms with Crippen LogP contribution in [0.2, 0.25) is 0 Å². The SMILES string of the molecule is CC(=O)CC[C@H]1CN(c2ccc(-c3ccc([C@@H](NCc4ccccn4)C(N)=O)cc3)c(F)c2)C(=O)O1. The van der Waals surface area contributed by atoms with Gasteiger partial charge in [0.1, 0.15) is 23.7 Å². The van der Waals surface area contributed by atoms with E-state index >= 15 is 4.39 Å². The fourth-order valence-corrected chi connectivity index (χ4v) is 4.10. The van der Waals surface area contributed by atoms with Crippen molar-refractivity contribution >= 4 is 23.5 Å². The van der Waals surface area contributed by atoms with E-state index in [0.717, 1.165) is 5.69 Å². The first-order valence-electron chi connectivity index (χ1n) is 11.6. The number of hydrogen-bond acceptors (Lipinski definition) is 6. The van der Waals surface area contributed by atoms with Crippen molar-refractivity contribution in [1.82, 2.24) is 10.3 Å². The van der Waals surface area contributed by atoms with Crippen molar-refractivity contribution in [2.75, 3.05) is 11.4 Å². The molecule has 2 amide bonds. The first kappa shape index (κ1) is 25.0. The number of ketones is 1. The van der Waals surface area contributed by atoms with Gasteiger partial charge in [-0.15, -0.1) is 0 Å². The summed E-state index contributed by atoms with van der Waals surface area (Å²) in [7, 11) is 0. The van der Waals surface area contributed by atoms with Gasteiger partial charge < -0.3 is 15.3 Å². The van der Waals surface area contributed by atoms with E-state index in [1.807, 2.05) is 18.2 Å². The first-order chi connectivity index (χ1) is 17.3. The molecule has 8 nitrogen and oxygen atoms in total. The summed E-state index contributed by atoms with van der Waals surface area (Å²) in [6.45, 7) is 2.11. The third-order valence-electron chi connectivity index (χ3n) is 6.01. The normalized spacial score (nSPS) is 16.0. The lowest BCUT2D eigenvalue weighted by atomic mass is 9.99. The summed E-state index contributed by atoms with van der Waals surface area (Å²) < 4.78 is 20.3. The zero-order valence-electron chi connectivity index (χ0n) is 19.8. The molecule has 0 radical (unpaired) electrons. The number of aromatic nitrogens is 1. The molecule has 186 valence electrons. The maximum absolute atomic E-state index is 15.0. The smallest absolute Gasteiger partial charge is 0.414 e. The third kappa shape index (κ3) is 5.92. The van der Waals surface area contributed by atoms with Gasteiger partial charge in [0.05, 0.1) is 17.9 Å². The van der Waals surface area contributed by atoms with E-state index in [4.69, 9.17) is 10.5 Å². The largest absolute Gasteiger partial charge is 0.444 e. The Morgan fingerprint density at radius 2 is 1.97 bits per heavy atom. The van der Waals surface area contributed by atoms with Crippen molar-refractivity contribution in [3.05, 3.63) is 83.9 Å². The molecular formula is C27H27FN4O4. The zero-order valence-corrected chi connectivity index (χ0v) is 19.8. The molecule has 1 aromatic heterocycles. The Morgan fingerprint density at radius 3 is 2.61 bits per heavy atom. The maximum Gasteiger partial charge on any atom is 0.414 e. The van der Waals surface area contributed by atoms with Gasteiger partial charge in [0.25, 0.3) is 0 Å². The quantitative estimate of drug-likeness (QED) is 0.446. The summed E-state index contributed by atoms with van der Waals surface area (Å²) in [5.41, 5.74) is 8.36. The summed E-state index contributed by atoms with van der Waals surface area (Å²) in [6, 6.07) is 16.2. The topological polar surface area (TPSA) is 115 Å². The van der Waals surface area contributed by atoms with Crippen LogP contribution in [-0.2, 0) is 20.9 Å². The van der Waals surface area contributed by atoms with Crippen LogP contribution in [0.15, 0.2) is 66.9 Å². The molecule has 0 aliphatic carbocycles. The second kappa shape index (κ2) is 11.1. The van der Waals surface area contributed by atoms with E-state index in [9.17, 15) is 14.4 Å². The lowest BCUT2D eigenvalue weighted by molar-refractivity contribution is -0.120. The van der Waals surface area contributed by atoms with Crippen molar-refractivity contribution in [2.24, 2.45) is 5.73 Å². The van der Waals surface area contributed by atoms with E-state index in [1.54, 1.807) is 42.6 Å². The number of nitrogens with two attached hydrogens (primary N) is 1. The van der Waals surface area contributed by atoms with Crippen molar-refractivity contribution in [3.63, 3.8) is 0 Å². The number of carbonyl (C=O) groups is 3. The number of carbonyl (C=O) groups excluding carboxylic acids is 3. The van der Waals surface area contributed by atoms with Crippen molar-refractivity contribution in [1.29, 1.82) is 0 Å². The number of Topliss-reactive ketones (excluding diaryl/α,β-unsaturated/α-hetero) is 1. The van der Waals surface area contributed by atoms with Gasteiger partial charge in [-0.05, 0) is 54.8 Å². The van der Waals surface area contributed by atoms with Gasteiger partial charge in [-0.2, -0.15) is 0 Å². The zero-order chi connectivity index (χ0) is 25.7. The average molecular weight is 491 g/mol. The summed E-state index contributed by atoms with van der Waals surface area (Å²) in [4.78, 5) is 41.1. The van der Waals surface area contributed by atoms with Crippen LogP contribution in [0.3, 0.4) is 0 Å². The highest BCUT2D eigenvalue weighted by atomic mass is 19.1. The second-order valence-electron chi connectivity index (χ2n) is 8.68. The minimum absolute atomic E-state index is 0.0250.